The lowest BCUT2D eigenvalue weighted by Crippen LogP contribution is -2.12. The number of halogens is 1. The van der Waals surface area contributed by atoms with Crippen molar-refractivity contribution in [2.45, 2.75) is 26.2 Å². The first-order valence-electron chi connectivity index (χ1n) is 15.4. The van der Waals surface area contributed by atoms with E-state index < -0.39 is 17.8 Å². The van der Waals surface area contributed by atoms with E-state index in [2.05, 4.69) is 31.7 Å². The lowest BCUT2D eigenvalue weighted by atomic mass is 10.00. The zero-order valence-electron chi connectivity index (χ0n) is 26.1. The number of esters is 2. The second-order valence-corrected chi connectivity index (χ2v) is 10.7. The molecule has 238 valence electrons. The standard InChI is InChI=1S/C39H35FN2O5/c1-3-11-29-16-22-35-31(26-29)19-23-37(36(35)27-41-42(32-12-6-4-7-13-32)33-14-8-5-9-15-33)47-39(44)30-17-20-34(21-18-30)45-24-10-25-46-38(43)28(2)40/h4-9,12-23,26-27H,2-3,10-11,24-25H2,1H3/b41-27+. The maximum Gasteiger partial charge on any atom is 0.366 e. The van der Waals surface area contributed by atoms with E-state index in [9.17, 15) is 14.0 Å². The average Bonchev–Trinajstić information content (AvgIpc) is 3.10. The second kappa shape index (κ2) is 16.0. The molecule has 0 aromatic heterocycles. The number of para-hydroxylation sites is 2. The first-order chi connectivity index (χ1) is 22.9. The summed E-state index contributed by atoms with van der Waals surface area (Å²) in [6.45, 7) is 5.28. The van der Waals surface area contributed by atoms with Gasteiger partial charge in [-0.05, 0) is 77.4 Å². The zero-order valence-corrected chi connectivity index (χ0v) is 26.1. The van der Waals surface area contributed by atoms with Crippen molar-refractivity contribution in [1.82, 2.24) is 0 Å². The van der Waals surface area contributed by atoms with Gasteiger partial charge in [0.25, 0.3) is 0 Å². The highest BCUT2D eigenvalue weighted by Crippen LogP contribution is 2.31. The lowest BCUT2D eigenvalue weighted by Gasteiger charge is -2.19. The molecule has 0 radical (unpaired) electrons. The summed E-state index contributed by atoms with van der Waals surface area (Å²) in [6, 6.07) is 36.3. The van der Waals surface area contributed by atoms with Gasteiger partial charge in [-0.3, -0.25) is 0 Å². The number of carbonyl (C=O) groups excluding carboxylic acids is 2. The number of hydrogen-bond donors (Lipinski definition) is 0. The SMILES string of the molecule is C=C(F)C(=O)OCCCOc1ccc(C(=O)Oc2ccc3cc(CCC)ccc3c2/C=N/N(c2ccccc2)c2ccccc2)cc1. The van der Waals surface area contributed by atoms with Crippen molar-refractivity contribution in [3.8, 4) is 11.5 Å². The van der Waals surface area contributed by atoms with E-state index in [0.717, 1.165) is 35.0 Å². The highest BCUT2D eigenvalue weighted by Gasteiger charge is 2.16. The van der Waals surface area contributed by atoms with Crippen LogP contribution in [0.1, 0.15) is 41.3 Å². The fourth-order valence-electron chi connectivity index (χ4n) is 4.92. The highest BCUT2D eigenvalue weighted by molar-refractivity contribution is 6.04. The first-order valence-corrected chi connectivity index (χ1v) is 15.4. The third kappa shape index (κ3) is 8.70. The number of hydrazone groups is 1. The van der Waals surface area contributed by atoms with Gasteiger partial charge >= 0.3 is 11.9 Å². The Morgan fingerprint density at radius 2 is 1.53 bits per heavy atom. The van der Waals surface area contributed by atoms with Gasteiger partial charge in [-0.25, -0.2) is 14.6 Å². The molecule has 5 aromatic carbocycles. The lowest BCUT2D eigenvalue weighted by molar-refractivity contribution is -0.140. The van der Waals surface area contributed by atoms with Crippen molar-refractivity contribution < 1.29 is 28.2 Å². The number of fused-ring (bicyclic) bond motifs is 1. The van der Waals surface area contributed by atoms with Crippen LogP contribution in [0.3, 0.4) is 0 Å². The molecule has 7 nitrogen and oxygen atoms in total. The van der Waals surface area contributed by atoms with E-state index in [-0.39, 0.29) is 13.2 Å². The fourth-order valence-corrected chi connectivity index (χ4v) is 4.92. The van der Waals surface area contributed by atoms with Gasteiger partial charge < -0.3 is 14.2 Å². The van der Waals surface area contributed by atoms with Crippen LogP contribution in [0.15, 0.2) is 133 Å². The molecule has 47 heavy (non-hydrogen) atoms. The highest BCUT2D eigenvalue weighted by atomic mass is 19.1. The Morgan fingerprint density at radius 3 is 2.17 bits per heavy atom. The molecule has 0 atom stereocenters. The molecule has 0 spiro atoms. The summed E-state index contributed by atoms with van der Waals surface area (Å²) in [5.74, 6) is -1.86. The van der Waals surface area contributed by atoms with E-state index >= 15 is 0 Å². The van der Waals surface area contributed by atoms with E-state index in [4.69, 9.17) is 19.3 Å². The van der Waals surface area contributed by atoms with Crippen LogP contribution in [0.5, 0.6) is 11.5 Å². The van der Waals surface area contributed by atoms with Gasteiger partial charge in [-0.1, -0.05) is 80.6 Å². The molecule has 5 aromatic rings. The Morgan fingerprint density at radius 1 is 0.851 bits per heavy atom. The van der Waals surface area contributed by atoms with Crippen LogP contribution in [-0.2, 0) is 16.0 Å². The molecule has 0 aliphatic heterocycles. The molecule has 8 heteroatoms. The van der Waals surface area contributed by atoms with E-state index in [1.54, 1.807) is 36.5 Å². The summed E-state index contributed by atoms with van der Waals surface area (Å²) in [7, 11) is 0. The number of ether oxygens (including phenoxy) is 3. The van der Waals surface area contributed by atoms with Crippen LogP contribution in [-0.4, -0.2) is 31.4 Å². The van der Waals surface area contributed by atoms with Crippen molar-refractivity contribution in [2.75, 3.05) is 18.2 Å². The van der Waals surface area contributed by atoms with E-state index in [0.29, 0.717) is 29.0 Å². The van der Waals surface area contributed by atoms with Crippen molar-refractivity contribution in [3.05, 3.63) is 144 Å². The number of rotatable bonds is 14. The normalized spacial score (nSPS) is 10.9. The molecule has 0 heterocycles. The molecule has 0 aliphatic rings. The molecule has 0 amide bonds. The largest absolute Gasteiger partial charge is 0.493 e. The Labute approximate surface area is 273 Å². The van der Waals surface area contributed by atoms with E-state index in [1.165, 1.54) is 5.56 Å². The van der Waals surface area contributed by atoms with Crippen LogP contribution in [0.25, 0.3) is 10.8 Å². The number of carbonyl (C=O) groups is 2. The molecule has 0 unspecified atom stereocenters. The quantitative estimate of drug-likeness (QED) is 0.0304. The Bertz CT molecular complexity index is 1820. The molecule has 0 saturated carbocycles. The van der Waals surface area contributed by atoms with Crippen molar-refractivity contribution in [1.29, 1.82) is 0 Å². The van der Waals surface area contributed by atoms with Crippen LogP contribution in [0.2, 0.25) is 0 Å². The minimum atomic E-state index is -1.14. The molecule has 0 bridgehead atoms. The molecule has 5 rings (SSSR count). The molecular formula is C39H35FN2O5. The Kier molecular flexibility index (Phi) is 11.1. The van der Waals surface area contributed by atoms with Crippen molar-refractivity contribution in [2.24, 2.45) is 5.10 Å². The van der Waals surface area contributed by atoms with Crippen molar-refractivity contribution >= 4 is 40.3 Å². The number of benzene rings is 5. The molecule has 0 saturated heterocycles. The zero-order chi connectivity index (χ0) is 33.0. The van der Waals surface area contributed by atoms with Gasteiger partial charge in [0.1, 0.15) is 11.5 Å². The van der Waals surface area contributed by atoms with Gasteiger partial charge in [-0.2, -0.15) is 9.49 Å². The third-order valence-electron chi connectivity index (χ3n) is 7.23. The van der Waals surface area contributed by atoms with Gasteiger partial charge in [0.15, 0.2) is 0 Å². The van der Waals surface area contributed by atoms with Gasteiger partial charge in [0, 0.05) is 12.0 Å². The first kappa shape index (κ1) is 32.6. The molecule has 0 fully saturated rings. The predicted molar refractivity (Wildman–Crippen MR) is 183 cm³/mol. The summed E-state index contributed by atoms with van der Waals surface area (Å²) >= 11 is 0. The monoisotopic (exact) mass is 630 g/mol. The van der Waals surface area contributed by atoms with Gasteiger partial charge in [-0.15, -0.1) is 0 Å². The molecule has 0 aliphatic carbocycles. The molecular weight excluding hydrogens is 595 g/mol. The van der Waals surface area contributed by atoms with Gasteiger partial charge in [0.2, 0.25) is 5.83 Å². The second-order valence-electron chi connectivity index (χ2n) is 10.7. The van der Waals surface area contributed by atoms with Crippen LogP contribution in [0, 0.1) is 0 Å². The minimum absolute atomic E-state index is 0.00203. The van der Waals surface area contributed by atoms with E-state index in [1.807, 2.05) is 71.7 Å². The summed E-state index contributed by atoms with van der Waals surface area (Å²) in [6.07, 6.45) is 4.10. The molecule has 0 N–H and O–H groups in total. The Hall–Kier alpha value is -5.76. The summed E-state index contributed by atoms with van der Waals surface area (Å²) in [4.78, 5) is 24.5. The third-order valence-corrected chi connectivity index (χ3v) is 7.23. The Balaban J connectivity index is 1.38. The number of nitrogens with zero attached hydrogens (tertiary/aromatic N) is 2. The predicted octanol–water partition coefficient (Wildman–Crippen LogP) is 8.98. The smallest absolute Gasteiger partial charge is 0.366 e. The maximum atomic E-state index is 13.3. The fraction of sp³-hybridized carbons (Fsp3) is 0.154. The minimum Gasteiger partial charge on any atom is -0.493 e. The number of aryl methyl sites for hydroxylation is 1. The summed E-state index contributed by atoms with van der Waals surface area (Å²) < 4.78 is 29.0. The van der Waals surface area contributed by atoms with Crippen LogP contribution in [0.4, 0.5) is 15.8 Å². The number of hydrogen-bond acceptors (Lipinski definition) is 7. The van der Waals surface area contributed by atoms with Crippen LogP contribution < -0.4 is 14.5 Å². The summed E-state index contributed by atoms with van der Waals surface area (Å²) in [5, 5.41) is 8.68. The number of anilines is 2. The van der Waals surface area contributed by atoms with Crippen LogP contribution >= 0.6 is 0 Å². The van der Waals surface area contributed by atoms with Crippen molar-refractivity contribution in [3.63, 3.8) is 0 Å². The maximum absolute atomic E-state index is 13.3. The average molecular weight is 631 g/mol. The van der Waals surface area contributed by atoms with Gasteiger partial charge in [0.05, 0.1) is 36.4 Å². The topological polar surface area (TPSA) is 77.4 Å². The summed E-state index contributed by atoms with van der Waals surface area (Å²) in [5.41, 5.74) is 4.01.